The van der Waals surface area contributed by atoms with Gasteiger partial charge in [0.15, 0.2) is 6.23 Å². The maximum atomic E-state index is 13.0. The highest BCUT2D eigenvalue weighted by molar-refractivity contribution is 6.04. The van der Waals surface area contributed by atoms with E-state index in [-0.39, 0.29) is 5.56 Å². The standard InChI is InChI=1S/C25H26F3N3O3/c1-16-6-7-19(29-23(32)17-4-3-5-18(12-17)25(26,27)28)13-21(16)22-14-20(15-30(2)24(22)33)31-8-10-34-11-9-31/h3-7,12-15,24,33H,8-11H2,1-2H3,(H,29,32). The number of rotatable bonds is 4. The third-order valence-electron chi connectivity index (χ3n) is 5.94. The first kappa shape index (κ1) is 23.8. The molecular formula is C25H26F3N3O3. The zero-order valence-electron chi connectivity index (χ0n) is 18.9. The number of ether oxygens (including phenoxy) is 1. The predicted octanol–water partition coefficient (Wildman–Crippen LogP) is 4.09. The molecule has 0 radical (unpaired) electrons. The van der Waals surface area contributed by atoms with E-state index >= 15 is 0 Å². The Kier molecular flexibility index (Phi) is 6.67. The maximum Gasteiger partial charge on any atom is 0.416 e. The third-order valence-corrected chi connectivity index (χ3v) is 5.94. The molecule has 0 spiro atoms. The molecule has 0 aliphatic carbocycles. The van der Waals surface area contributed by atoms with Gasteiger partial charge < -0.3 is 25.0 Å². The molecule has 2 aromatic carbocycles. The van der Waals surface area contributed by atoms with Crippen LogP contribution < -0.4 is 5.32 Å². The second-order valence-corrected chi connectivity index (χ2v) is 8.35. The minimum Gasteiger partial charge on any atom is -0.378 e. The van der Waals surface area contributed by atoms with Crippen LogP contribution in [0.5, 0.6) is 0 Å². The van der Waals surface area contributed by atoms with Gasteiger partial charge in [-0.3, -0.25) is 4.79 Å². The van der Waals surface area contributed by atoms with Crippen molar-refractivity contribution >= 4 is 17.2 Å². The van der Waals surface area contributed by atoms with Crippen molar-refractivity contribution in [1.82, 2.24) is 9.80 Å². The van der Waals surface area contributed by atoms with Crippen LogP contribution in [0.25, 0.3) is 5.57 Å². The van der Waals surface area contributed by atoms with E-state index < -0.39 is 23.9 Å². The molecular weight excluding hydrogens is 447 g/mol. The Morgan fingerprint density at radius 3 is 2.59 bits per heavy atom. The number of amides is 1. The van der Waals surface area contributed by atoms with Crippen molar-refractivity contribution in [2.75, 3.05) is 38.7 Å². The first-order valence-corrected chi connectivity index (χ1v) is 10.9. The number of nitrogens with zero attached hydrogens (tertiary/aromatic N) is 2. The number of benzene rings is 2. The highest BCUT2D eigenvalue weighted by atomic mass is 19.4. The molecule has 1 fully saturated rings. The van der Waals surface area contributed by atoms with Gasteiger partial charge in [0.2, 0.25) is 0 Å². The van der Waals surface area contributed by atoms with Crippen molar-refractivity contribution < 1.29 is 27.8 Å². The molecule has 0 bridgehead atoms. The fourth-order valence-corrected chi connectivity index (χ4v) is 4.03. The molecule has 4 rings (SSSR count). The Bertz CT molecular complexity index is 1140. The summed E-state index contributed by atoms with van der Waals surface area (Å²) in [6, 6.07) is 9.50. The van der Waals surface area contributed by atoms with E-state index in [1.165, 1.54) is 12.1 Å². The van der Waals surface area contributed by atoms with Crippen molar-refractivity contribution in [3.8, 4) is 0 Å². The quantitative estimate of drug-likeness (QED) is 0.701. The van der Waals surface area contributed by atoms with Crippen LogP contribution in [0.3, 0.4) is 0 Å². The molecule has 180 valence electrons. The summed E-state index contributed by atoms with van der Waals surface area (Å²) in [5.41, 5.74) is 2.68. The Morgan fingerprint density at radius 2 is 1.88 bits per heavy atom. The van der Waals surface area contributed by atoms with E-state index in [2.05, 4.69) is 10.2 Å². The fourth-order valence-electron chi connectivity index (χ4n) is 4.03. The molecule has 2 aliphatic rings. The zero-order chi connectivity index (χ0) is 24.5. The Hall–Kier alpha value is -3.30. The van der Waals surface area contributed by atoms with Gasteiger partial charge in [0.25, 0.3) is 5.91 Å². The van der Waals surface area contributed by atoms with E-state index in [1.807, 2.05) is 19.2 Å². The molecule has 1 saturated heterocycles. The number of aryl methyl sites for hydroxylation is 1. The molecule has 2 N–H and O–H groups in total. The number of alkyl halides is 3. The van der Waals surface area contributed by atoms with Gasteiger partial charge in [-0.2, -0.15) is 13.2 Å². The monoisotopic (exact) mass is 473 g/mol. The van der Waals surface area contributed by atoms with E-state index in [9.17, 15) is 23.1 Å². The molecule has 1 unspecified atom stereocenters. The molecule has 1 atom stereocenters. The number of carbonyl (C=O) groups is 1. The van der Waals surface area contributed by atoms with Crippen molar-refractivity contribution in [1.29, 1.82) is 0 Å². The Morgan fingerprint density at radius 1 is 1.15 bits per heavy atom. The molecule has 2 aromatic rings. The molecule has 6 nitrogen and oxygen atoms in total. The van der Waals surface area contributed by atoms with Crippen molar-refractivity contribution in [2.24, 2.45) is 0 Å². The lowest BCUT2D eigenvalue weighted by Crippen LogP contribution is -2.39. The second kappa shape index (κ2) is 9.52. The Balaban J connectivity index is 1.61. The number of aliphatic hydroxyl groups excluding tert-OH is 1. The minimum atomic E-state index is -4.53. The lowest BCUT2D eigenvalue weighted by Gasteiger charge is -2.36. The fraction of sp³-hybridized carbons (Fsp3) is 0.320. The van der Waals surface area contributed by atoms with Gasteiger partial charge in [-0.1, -0.05) is 12.1 Å². The van der Waals surface area contributed by atoms with E-state index in [1.54, 1.807) is 30.1 Å². The molecule has 0 aromatic heterocycles. The number of hydrogen-bond donors (Lipinski definition) is 2. The molecule has 2 heterocycles. The number of hydrogen-bond acceptors (Lipinski definition) is 5. The summed E-state index contributed by atoms with van der Waals surface area (Å²) in [6.07, 6.45) is -1.61. The molecule has 9 heteroatoms. The number of likely N-dealkylation sites (N-methyl/N-ethyl adjacent to an activating group) is 1. The average Bonchev–Trinajstić information content (AvgIpc) is 2.82. The number of aliphatic hydroxyl groups is 1. The van der Waals surface area contributed by atoms with Crippen LogP contribution in [0.2, 0.25) is 0 Å². The highest BCUT2D eigenvalue weighted by Crippen LogP contribution is 2.33. The number of carbonyl (C=O) groups excluding carboxylic acids is 1. The normalized spacial score (nSPS) is 18.9. The van der Waals surface area contributed by atoms with Crippen LogP contribution in [-0.2, 0) is 10.9 Å². The van der Waals surface area contributed by atoms with Crippen molar-refractivity contribution in [3.05, 3.63) is 82.7 Å². The predicted molar refractivity (Wildman–Crippen MR) is 123 cm³/mol. The van der Waals surface area contributed by atoms with E-state index in [0.29, 0.717) is 24.5 Å². The number of allylic oxidation sites excluding steroid dienone is 1. The SMILES string of the molecule is Cc1ccc(NC(=O)c2cccc(C(F)(F)F)c2)cc1C1=CC(N2CCOCC2)=CN(C)C1O. The van der Waals surface area contributed by atoms with Gasteiger partial charge in [0.1, 0.15) is 0 Å². The first-order valence-electron chi connectivity index (χ1n) is 10.9. The smallest absolute Gasteiger partial charge is 0.378 e. The van der Waals surface area contributed by atoms with Gasteiger partial charge in [0, 0.05) is 43.2 Å². The van der Waals surface area contributed by atoms with Gasteiger partial charge in [-0.25, -0.2) is 0 Å². The molecule has 34 heavy (non-hydrogen) atoms. The molecule has 0 saturated carbocycles. The summed E-state index contributed by atoms with van der Waals surface area (Å²) in [7, 11) is 1.78. The van der Waals surface area contributed by atoms with Gasteiger partial charge >= 0.3 is 6.18 Å². The number of morpholine rings is 1. The average molecular weight is 473 g/mol. The highest BCUT2D eigenvalue weighted by Gasteiger charge is 2.31. The van der Waals surface area contributed by atoms with E-state index in [4.69, 9.17) is 4.74 Å². The summed E-state index contributed by atoms with van der Waals surface area (Å²) in [6.45, 7) is 4.64. The molecule has 2 aliphatic heterocycles. The Labute approximate surface area is 195 Å². The number of nitrogens with one attached hydrogen (secondary N) is 1. The van der Waals surface area contributed by atoms with Crippen LogP contribution in [0.15, 0.2) is 60.4 Å². The van der Waals surface area contributed by atoms with Crippen molar-refractivity contribution in [2.45, 2.75) is 19.3 Å². The van der Waals surface area contributed by atoms with E-state index in [0.717, 1.165) is 42.0 Å². The van der Waals surface area contributed by atoms with Crippen molar-refractivity contribution in [3.63, 3.8) is 0 Å². The summed E-state index contributed by atoms with van der Waals surface area (Å²) < 4.78 is 44.5. The van der Waals surface area contributed by atoms with Gasteiger partial charge in [-0.15, -0.1) is 0 Å². The summed E-state index contributed by atoms with van der Waals surface area (Å²) in [4.78, 5) is 16.6. The van der Waals surface area contributed by atoms with Crippen LogP contribution in [0.1, 0.15) is 27.0 Å². The number of anilines is 1. The first-order chi connectivity index (χ1) is 16.1. The lowest BCUT2D eigenvalue weighted by atomic mass is 9.95. The second-order valence-electron chi connectivity index (χ2n) is 8.35. The van der Waals surface area contributed by atoms with Crippen LogP contribution in [0.4, 0.5) is 18.9 Å². The van der Waals surface area contributed by atoms with Gasteiger partial charge in [0.05, 0.1) is 24.5 Å². The van der Waals surface area contributed by atoms with Crippen LogP contribution in [-0.4, -0.2) is 60.4 Å². The molecule has 1 amide bonds. The summed E-state index contributed by atoms with van der Waals surface area (Å²) in [5.74, 6) is -0.648. The minimum absolute atomic E-state index is 0.0915. The topological polar surface area (TPSA) is 65.0 Å². The zero-order valence-corrected chi connectivity index (χ0v) is 18.9. The summed E-state index contributed by atoms with van der Waals surface area (Å²) in [5, 5.41) is 13.5. The summed E-state index contributed by atoms with van der Waals surface area (Å²) >= 11 is 0. The van der Waals surface area contributed by atoms with Gasteiger partial charge in [-0.05, 0) is 54.5 Å². The third kappa shape index (κ3) is 5.10. The number of halogens is 3. The largest absolute Gasteiger partial charge is 0.416 e. The lowest BCUT2D eigenvalue weighted by molar-refractivity contribution is -0.137. The maximum absolute atomic E-state index is 13.0. The van der Waals surface area contributed by atoms with Crippen LogP contribution in [0, 0.1) is 6.92 Å². The van der Waals surface area contributed by atoms with Crippen LogP contribution >= 0.6 is 0 Å².